The van der Waals surface area contributed by atoms with Gasteiger partial charge in [-0.3, -0.25) is 4.90 Å². The van der Waals surface area contributed by atoms with Gasteiger partial charge in [0.25, 0.3) is 0 Å². The summed E-state index contributed by atoms with van der Waals surface area (Å²) in [7, 11) is 0. The zero-order valence-corrected chi connectivity index (χ0v) is 14.3. The third kappa shape index (κ3) is 3.33. The van der Waals surface area contributed by atoms with E-state index < -0.39 is 12.1 Å². The molecule has 2 aromatic heterocycles. The molecule has 0 aliphatic carbocycles. The van der Waals surface area contributed by atoms with Gasteiger partial charge >= 0.3 is 6.18 Å². The second-order valence-electron chi connectivity index (χ2n) is 6.82. The molecule has 0 N–H and O–H groups in total. The molecule has 0 bridgehead atoms. The first-order chi connectivity index (χ1) is 12.5. The average molecular weight is 359 g/mol. The van der Waals surface area contributed by atoms with Crippen molar-refractivity contribution in [3.8, 4) is 11.3 Å². The number of aromatic nitrogens is 2. The molecule has 1 aromatic carbocycles. The molecule has 136 valence electrons. The molecule has 1 fully saturated rings. The largest absolute Gasteiger partial charge is 0.393 e. The van der Waals surface area contributed by atoms with Gasteiger partial charge in [-0.1, -0.05) is 36.4 Å². The summed E-state index contributed by atoms with van der Waals surface area (Å²) in [5, 5.41) is 0. The third-order valence-electron chi connectivity index (χ3n) is 5.02. The van der Waals surface area contributed by atoms with Crippen LogP contribution in [0.4, 0.5) is 13.2 Å². The average Bonchev–Trinajstić information content (AvgIpc) is 3.01. The Morgan fingerprint density at radius 1 is 1.04 bits per heavy atom. The smallest absolute Gasteiger partial charge is 0.302 e. The van der Waals surface area contributed by atoms with Crippen molar-refractivity contribution in [2.75, 3.05) is 13.1 Å². The van der Waals surface area contributed by atoms with Crippen molar-refractivity contribution in [2.45, 2.75) is 25.6 Å². The second-order valence-corrected chi connectivity index (χ2v) is 6.82. The van der Waals surface area contributed by atoms with Crippen LogP contribution in [0, 0.1) is 5.92 Å². The molecule has 0 saturated carbocycles. The van der Waals surface area contributed by atoms with Crippen molar-refractivity contribution >= 4 is 5.65 Å². The van der Waals surface area contributed by atoms with Crippen LogP contribution in [-0.4, -0.2) is 33.6 Å². The number of imidazole rings is 1. The molecule has 0 spiro atoms. The Labute approximate surface area is 150 Å². The quantitative estimate of drug-likeness (QED) is 0.671. The van der Waals surface area contributed by atoms with E-state index >= 15 is 0 Å². The minimum atomic E-state index is -4.12. The Kier molecular flexibility index (Phi) is 4.44. The molecule has 3 aromatic rings. The summed E-state index contributed by atoms with van der Waals surface area (Å²) in [4.78, 5) is 6.64. The summed E-state index contributed by atoms with van der Waals surface area (Å²) >= 11 is 0. The summed E-state index contributed by atoms with van der Waals surface area (Å²) in [5.41, 5.74) is 3.57. The molecule has 26 heavy (non-hydrogen) atoms. The third-order valence-corrected chi connectivity index (χ3v) is 5.02. The van der Waals surface area contributed by atoms with Crippen LogP contribution >= 0.6 is 0 Å². The molecule has 0 unspecified atom stereocenters. The summed E-state index contributed by atoms with van der Waals surface area (Å²) in [6.07, 6.45) is -1.41. The van der Waals surface area contributed by atoms with Gasteiger partial charge in [0.2, 0.25) is 0 Å². The number of benzene rings is 1. The monoisotopic (exact) mass is 359 g/mol. The molecule has 6 heteroatoms. The highest BCUT2D eigenvalue weighted by molar-refractivity contribution is 5.66. The number of hydrogen-bond donors (Lipinski definition) is 0. The van der Waals surface area contributed by atoms with Gasteiger partial charge in [0.1, 0.15) is 5.65 Å². The number of halogens is 3. The molecular weight excluding hydrogens is 339 g/mol. The molecule has 3 nitrogen and oxygen atoms in total. The van der Waals surface area contributed by atoms with Gasteiger partial charge < -0.3 is 4.40 Å². The molecule has 0 amide bonds. The minimum absolute atomic E-state index is 0.0534. The number of rotatable bonds is 3. The number of hydrogen-bond acceptors (Lipinski definition) is 2. The molecule has 1 saturated heterocycles. The summed E-state index contributed by atoms with van der Waals surface area (Å²) in [5.74, 6) is -1.24. The fraction of sp³-hybridized carbons (Fsp3) is 0.350. The Morgan fingerprint density at radius 2 is 1.81 bits per heavy atom. The summed E-state index contributed by atoms with van der Waals surface area (Å²) < 4.78 is 41.4. The summed E-state index contributed by atoms with van der Waals surface area (Å²) in [6, 6.07) is 15.6. The Morgan fingerprint density at radius 3 is 2.58 bits per heavy atom. The highest BCUT2D eigenvalue weighted by Crippen LogP contribution is 2.34. The molecule has 0 radical (unpaired) electrons. The topological polar surface area (TPSA) is 20.5 Å². The van der Waals surface area contributed by atoms with Gasteiger partial charge in [-0.2, -0.15) is 13.2 Å². The Balaban J connectivity index is 1.69. The maximum Gasteiger partial charge on any atom is 0.393 e. The van der Waals surface area contributed by atoms with Gasteiger partial charge in [0.05, 0.1) is 17.3 Å². The second kappa shape index (κ2) is 6.76. The van der Waals surface area contributed by atoms with E-state index in [1.165, 1.54) is 0 Å². The van der Waals surface area contributed by atoms with E-state index in [1.54, 1.807) is 0 Å². The molecule has 3 heterocycles. The number of fused-ring (bicyclic) bond motifs is 1. The lowest BCUT2D eigenvalue weighted by atomic mass is 9.97. The predicted molar refractivity (Wildman–Crippen MR) is 94.7 cm³/mol. The van der Waals surface area contributed by atoms with E-state index in [0.29, 0.717) is 19.5 Å². The molecule has 1 aliphatic rings. The van der Waals surface area contributed by atoms with Crippen molar-refractivity contribution < 1.29 is 13.2 Å². The van der Waals surface area contributed by atoms with Gasteiger partial charge in [-0.25, -0.2) is 4.98 Å². The van der Waals surface area contributed by atoms with Crippen LogP contribution in [0.25, 0.3) is 16.9 Å². The molecule has 1 aliphatic heterocycles. The predicted octanol–water partition coefficient (Wildman–Crippen LogP) is 4.78. The van der Waals surface area contributed by atoms with Gasteiger partial charge in [0, 0.05) is 24.8 Å². The van der Waals surface area contributed by atoms with Crippen LogP contribution in [0.1, 0.15) is 18.5 Å². The van der Waals surface area contributed by atoms with E-state index in [4.69, 9.17) is 4.98 Å². The number of pyridine rings is 1. The van der Waals surface area contributed by atoms with Crippen molar-refractivity contribution in [2.24, 2.45) is 5.92 Å². The highest BCUT2D eigenvalue weighted by Gasteiger charge is 2.41. The first-order valence-corrected chi connectivity index (χ1v) is 8.83. The lowest BCUT2D eigenvalue weighted by Gasteiger charge is -2.33. The lowest BCUT2D eigenvalue weighted by Crippen LogP contribution is -2.41. The van der Waals surface area contributed by atoms with Crippen molar-refractivity contribution in [3.63, 3.8) is 0 Å². The van der Waals surface area contributed by atoms with Crippen molar-refractivity contribution in [1.29, 1.82) is 0 Å². The number of alkyl halides is 3. The van der Waals surface area contributed by atoms with Crippen LogP contribution in [0.3, 0.4) is 0 Å². The van der Waals surface area contributed by atoms with Gasteiger partial charge in [0.15, 0.2) is 0 Å². The number of likely N-dealkylation sites (tertiary alicyclic amines) is 1. The molecule has 4 rings (SSSR count). The van der Waals surface area contributed by atoms with Crippen LogP contribution in [-0.2, 0) is 6.54 Å². The van der Waals surface area contributed by atoms with Crippen LogP contribution < -0.4 is 0 Å². The van der Waals surface area contributed by atoms with Crippen LogP contribution in [0.15, 0.2) is 54.7 Å². The maximum absolute atomic E-state index is 13.1. The maximum atomic E-state index is 13.1. The summed E-state index contributed by atoms with van der Waals surface area (Å²) in [6.45, 7) is 1.20. The number of piperidine rings is 1. The van der Waals surface area contributed by atoms with E-state index in [9.17, 15) is 13.2 Å². The van der Waals surface area contributed by atoms with Crippen molar-refractivity contribution in [3.05, 3.63) is 60.4 Å². The van der Waals surface area contributed by atoms with Crippen molar-refractivity contribution in [1.82, 2.24) is 14.3 Å². The van der Waals surface area contributed by atoms with E-state index in [2.05, 4.69) is 0 Å². The van der Waals surface area contributed by atoms with Gasteiger partial charge in [-0.05, 0) is 31.5 Å². The Hall–Kier alpha value is -2.34. The first-order valence-electron chi connectivity index (χ1n) is 8.83. The lowest BCUT2D eigenvalue weighted by molar-refractivity contribution is -0.187. The minimum Gasteiger partial charge on any atom is -0.302 e. The molecule has 1 atom stereocenters. The highest BCUT2D eigenvalue weighted by atomic mass is 19.4. The normalized spacial score (nSPS) is 19.1. The zero-order chi connectivity index (χ0) is 18.1. The van der Waals surface area contributed by atoms with E-state index in [1.807, 2.05) is 64.0 Å². The van der Waals surface area contributed by atoms with E-state index in [-0.39, 0.29) is 13.0 Å². The number of nitrogens with zero attached hydrogens (tertiary/aromatic N) is 3. The van der Waals surface area contributed by atoms with E-state index in [0.717, 1.165) is 22.6 Å². The SMILES string of the molecule is FC(F)(F)[C@@H]1CCCN(Cc2c(-c3ccccc3)nc3ccccn23)C1. The standard InChI is InChI=1S/C20H20F3N3/c21-20(22,23)16-9-6-11-25(13-16)14-17-19(15-7-2-1-3-8-15)24-18-10-4-5-12-26(17)18/h1-5,7-8,10,12,16H,6,9,11,13-14H2/t16-/m1/s1. The zero-order valence-electron chi connectivity index (χ0n) is 14.3. The molecular formula is C20H20F3N3. The van der Waals surface area contributed by atoms with Gasteiger partial charge in [-0.15, -0.1) is 0 Å². The van der Waals surface area contributed by atoms with Crippen LogP contribution in [0.2, 0.25) is 0 Å². The van der Waals surface area contributed by atoms with Crippen LogP contribution in [0.5, 0.6) is 0 Å². The first kappa shape index (κ1) is 17.1. The fourth-order valence-corrected chi connectivity index (χ4v) is 3.70. The Bertz CT molecular complexity index is 886. The fourth-order valence-electron chi connectivity index (χ4n) is 3.70.